The third-order valence-electron chi connectivity index (χ3n) is 4.92. The zero-order valence-electron chi connectivity index (χ0n) is 16.6. The molecule has 0 saturated carbocycles. The second-order valence-corrected chi connectivity index (χ2v) is 7.10. The summed E-state index contributed by atoms with van der Waals surface area (Å²) in [7, 11) is 0. The highest BCUT2D eigenvalue weighted by atomic mass is 19.4. The molecule has 1 saturated heterocycles. The minimum atomic E-state index is -4.56. The van der Waals surface area contributed by atoms with E-state index in [0.29, 0.717) is 31.7 Å². The van der Waals surface area contributed by atoms with Gasteiger partial charge in [0.05, 0.1) is 17.8 Å². The molecule has 2 N–H and O–H groups in total. The average molecular weight is 438 g/mol. The van der Waals surface area contributed by atoms with E-state index in [0.717, 1.165) is 6.07 Å². The Labute approximate surface area is 176 Å². The van der Waals surface area contributed by atoms with E-state index in [1.165, 1.54) is 24.3 Å². The maximum Gasteiger partial charge on any atom is 0.418 e. The number of para-hydroxylation sites is 1. The number of piperazine rings is 1. The van der Waals surface area contributed by atoms with Crippen molar-refractivity contribution in [2.24, 2.45) is 0 Å². The third-order valence-corrected chi connectivity index (χ3v) is 4.92. The molecule has 2 aromatic carbocycles. The molecule has 1 aliphatic heterocycles. The lowest BCUT2D eigenvalue weighted by molar-refractivity contribution is -0.137. The van der Waals surface area contributed by atoms with Crippen LogP contribution in [0.2, 0.25) is 0 Å². The Morgan fingerprint density at radius 3 is 2.26 bits per heavy atom. The topological polar surface area (TPSA) is 64.7 Å². The van der Waals surface area contributed by atoms with Gasteiger partial charge in [0, 0.05) is 38.3 Å². The van der Waals surface area contributed by atoms with Crippen molar-refractivity contribution < 1.29 is 27.2 Å². The Bertz CT molecular complexity index is 928. The predicted molar refractivity (Wildman–Crippen MR) is 107 cm³/mol. The van der Waals surface area contributed by atoms with Crippen LogP contribution < -0.4 is 10.6 Å². The second-order valence-electron chi connectivity index (χ2n) is 7.10. The summed E-state index contributed by atoms with van der Waals surface area (Å²) < 4.78 is 52.8. The van der Waals surface area contributed by atoms with E-state index < -0.39 is 23.5 Å². The quantitative estimate of drug-likeness (QED) is 0.705. The largest absolute Gasteiger partial charge is 0.418 e. The Kier molecular flexibility index (Phi) is 7.11. The number of rotatable bonds is 5. The van der Waals surface area contributed by atoms with Crippen LogP contribution in [0.4, 0.5) is 28.0 Å². The van der Waals surface area contributed by atoms with Gasteiger partial charge in [-0.05, 0) is 18.2 Å². The van der Waals surface area contributed by atoms with Gasteiger partial charge in [0.1, 0.15) is 5.82 Å². The van der Waals surface area contributed by atoms with E-state index in [4.69, 9.17) is 0 Å². The molecule has 0 aliphatic carbocycles. The molecule has 1 heterocycles. The Hall–Kier alpha value is -3.14. The first-order valence-electron chi connectivity index (χ1n) is 9.68. The van der Waals surface area contributed by atoms with Gasteiger partial charge in [-0.1, -0.05) is 30.3 Å². The lowest BCUT2D eigenvalue weighted by Gasteiger charge is -2.34. The molecule has 0 aromatic heterocycles. The van der Waals surface area contributed by atoms with E-state index in [2.05, 4.69) is 10.6 Å². The average Bonchev–Trinajstić information content (AvgIpc) is 2.73. The highest BCUT2D eigenvalue weighted by Crippen LogP contribution is 2.34. The monoisotopic (exact) mass is 438 g/mol. The highest BCUT2D eigenvalue weighted by Gasteiger charge is 2.33. The van der Waals surface area contributed by atoms with Gasteiger partial charge < -0.3 is 15.5 Å². The van der Waals surface area contributed by atoms with Gasteiger partial charge in [0.2, 0.25) is 5.91 Å². The zero-order valence-corrected chi connectivity index (χ0v) is 16.6. The summed E-state index contributed by atoms with van der Waals surface area (Å²) in [6.45, 7) is 1.44. The second kappa shape index (κ2) is 9.78. The van der Waals surface area contributed by atoms with Crippen LogP contribution in [0, 0.1) is 5.82 Å². The van der Waals surface area contributed by atoms with Gasteiger partial charge in [-0.2, -0.15) is 13.2 Å². The van der Waals surface area contributed by atoms with Crippen LogP contribution in [0.15, 0.2) is 48.5 Å². The molecule has 31 heavy (non-hydrogen) atoms. The van der Waals surface area contributed by atoms with Crippen molar-refractivity contribution in [2.45, 2.75) is 12.7 Å². The standard InChI is InChI=1S/C21H22F4N4O2/c22-17-7-3-1-5-15(17)13-26-20(31)29-11-9-28(10-12-29)14-19(30)27-18-8-4-2-6-16(18)21(23,24)25/h1-8H,9-14H2,(H,26,31)(H,27,30). The van der Waals surface area contributed by atoms with Crippen molar-refractivity contribution >= 4 is 17.6 Å². The summed E-state index contributed by atoms with van der Waals surface area (Å²) in [5, 5.41) is 4.97. The minimum absolute atomic E-state index is 0.0622. The Morgan fingerprint density at radius 1 is 0.935 bits per heavy atom. The Balaban J connectivity index is 1.45. The summed E-state index contributed by atoms with van der Waals surface area (Å²) in [4.78, 5) is 27.8. The van der Waals surface area contributed by atoms with Crippen LogP contribution in [0.1, 0.15) is 11.1 Å². The molecule has 1 aliphatic rings. The SMILES string of the molecule is O=C(CN1CCN(C(=O)NCc2ccccc2F)CC1)Nc1ccccc1C(F)(F)F. The van der Waals surface area contributed by atoms with Crippen LogP contribution in [0.3, 0.4) is 0 Å². The molecule has 3 rings (SSSR count). The molecule has 1 fully saturated rings. The molecular weight excluding hydrogens is 416 g/mol. The van der Waals surface area contributed by atoms with Crippen molar-refractivity contribution in [3.05, 3.63) is 65.5 Å². The van der Waals surface area contributed by atoms with E-state index in [9.17, 15) is 27.2 Å². The number of nitrogens with zero attached hydrogens (tertiary/aromatic N) is 2. The van der Waals surface area contributed by atoms with E-state index in [-0.39, 0.29) is 24.8 Å². The number of hydrogen-bond donors (Lipinski definition) is 2. The smallest absolute Gasteiger partial charge is 0.334 e. The zero-order chi connectivity index (χ0) is 22.4. The minimum Gasteiger partial charge on any atom is -0.334 e. The summed E-state index contributed by atoms with van der Waals surface area (Å²) in [5.41, 5.74) is -0.809. The van der Waals surface area contributed by atoms with Gasteiger partial charge in [0.25, 0.3) is 0 Å². The maximum absolute atomic E-state index is 13.6. The van der Waals surface area contributed by atoms with Gasteiger partial charge in [-0.15, -0.1) is 0 Å². The molecule has 0 unspecified atom stereocenters. The number of carbonyl (C=O) groups is 2. The third kappa shape index (κ3) is 6.17. The van der Waals surface area contributed by atoms with E-state index in [1.807, 2.05) is 0 Å². The first kappa shape index (κ1) is 22.5. The molecule has 0 spiro atoms. The number of alkyl halides is 3. The fourth-order valence-electron chi connectivity index (χ4n) is 3.27. The van der Waals surface area contributed by atoms with Gasteiger partial charge >= 0.3 is 12.2 Å². The van der Waals surface area contributed by atoms with Crippen molar-refractivity contribution in [2.75, 3.05) is 38.0 Å². The first-order chi connectivity index (χ1) is 14.7. The van der Waals surface area contributed by atoms with Gasteiger partial charge in [-0.3, -0.25) is 9.69 Å². The summed E-state index contributed by atoms with van der Waals surface area (Å²) in [6.07, 6.45) is -4.56. The number of carbonyl (C=O) groups excluding carboxylic acids is 2. The number of amides is 3. The number of benzene rings is 2. The fraction of sp³-hybridized carbons (Fsp3) is 0.333. The van der Waals surface area contributed by atoms with Crippen LogP contribution in [-0.4, -0.2) is 54.5 Å². The molecule has 0 atom stereocenters. The van der Waals surface area contributed by atoms with Crippen molar-refractivity contribution in [1.82, 2.24) is 15.1 Å². The molecular formula is C21H22F4N4O2. The lowest BCUT2D eigenvalue weighted by atomic mass is 10.1. The highest BCUT2D eigenvalue weighted by molar-refractivity contribution is 5.93. The van der Waals surface area contributed by atoms with Crippen molar-refractivity contribution in [3.8, 4) is 0 Å². The van der Waals surface area contributed by atoms with Gasteiger partial charge in [-0.25, -0.2) is 9.18 Å². The predicted octanol–water partition coefficient (Wildman–Crippen LogP) is 3.31. The summed E-state index contributed by atoms with van der Waals surface area (Å²) in [6, 6.07) is 10.6. The molecule has 0 radical (unpaired) electrons. The van der Waals surface area contributed by atoms with Crippen molar-refractivity contribution in [3.63, 3.8) is 0 Å². The number of anilines is 1. The fourth-order valence-corrected chi connectivity index (χ4v) is 3.27. The number of urea groups is 1. The lowest BCUT2D eigenvalue weighted by Crippen LogP contribution is -2.52. The molecule has 0 bridgehead atoms. The maximum atomic E-state index is 13.6. The number of hydrogen-bond acceptors (Lipinski definition) is 3. The van der Waals surface area contributed by atoms with Gasteiger partial charge in [0.15, 0.2) is 0 Å². The number of nitrogens with one attached hydrogen (secondary N) is 2. The van der Waals surface area contributed by atoms with E-state index in [1.54, 1.807) is 28.0 Å². The normalized spacial score (nSPS) is 14.9. The van der Waals surface area contributed by atoms with Crippen LogP contribution in [0.5, 0.6) is 0 Å². The van der Waals surface area contributed by atoms with Crippen molar-refractivity contribution in [1.29, 1.82) is 0 Å². The summed E-state index contributed by atoms with van der Waals surface area (Å²) >= 11 is 0. The van der Waals surface area contributed by atoms with Crippen LogP contribution in [-0.2, 0) is 17.5 Å². The molecule has 2 aromatic rings. The number of halogens is 4. The van der Waals surface area contributed by atoms with E-state index >= 15 is 0 Å². The molecule has 6 nitrogen and oxygen atoms in total. The van der Waals surface area contributed by atoms with Crippen LogP contribution >= 0.6 is 0 Å². The first-order valence-corrected chi connectivity index (χ1v) is 9.68. The summed E-state index contributed by atoms with van der Waals surface area (Å²) in [5.74, 6) is -0.958. The molecule has 3 amide bonds. The Morgan fingerprint density at radius 2 is 1.58 bits per heavy atom. The molecule has 10 heteroatoms. The van der Waals surface area contributed by atoms with Crippen LogP contribution in [0.25, 0.3) is 0 Å². The molecule has 166 valence electrons.